The zero-order chi connectivity index (χ0) is 51.8. The highest BCUT2D eigenvalue weighted by atomic mass is 15.9. The summed E-state index contributed by atoms with van der Waals surface area (Å²) in [7, 11) is 0. The number of hydrogen-bond acceptors (Lipinski definition) is 2. The van der Waals surface area contributed by atoms with Crippen molar-refractivity contribution in [1.82, 2.24) is 10.0 Å². The summed E-state index contributed by atoms with van der Waals surface area (Å²) >= 11 is 0. The van der Waals surface area contributed by atoms with Crippen LogP contribution < -0.4 is 0 Å². The van der Waals surface area contributed by atoms with Crippen LogP contribution in [0.2, 0.25) is 0 Å². The van der Waals surface area contributed by atoms with Crippen molar-refractivity contribution in [1.29, 1.82) is 0 Å². The van der Waals surface area contributed by atoms with Crippen molar-refractivity contribution in [3.8, 4) is 100 Å². The van der Waals surface area contributed by atoms with Crippen molar-refractivity contribution < 1.29 is 0 Å². The molecule has 1 fully saturated rings. The summed E-state index contributed by atoms with van der Waals surface area (Å²) in [6, 6.07) is 114. The van der Waals surface area contributed by atoms with Gasteiger partial charge in [0.15, 0.2) is 0 Å². The maximum absolute atomic E-state index is 2.58. The molecule has 12 aromatic rings. The van der Waals surface area contributed by atoms with E-state index in [0.29, 0.717) is 0 Å². The van der Waals surface area contributed by atoms with E-state index in [0.717, 1.165) is 38.9 Å². The maximum atomic E-state index is 2.58. The first-order valence-electron chi connectivity index (χ1n) is 27.1. The van der Waals surface area contributed by atoms with E-state index in [9.17, 15) is 0 Å². The van der Waals surface area contributed by atoms with Crippen molar-refractivity contribution in [2.45, 2.75) is 12.2 Å². The molecule has 0 bridgehead atoms. The van der Waals surface area contributed by atoms with Crippen molar-refractivity contribution >= 4 is 5.70 Å². The zero-order valence-electron chi connectivity index (χ0n) is 43.1. The van der Waals surface area contributed by atoms with Gasteiger partial charge in [-0.1, -0.05) is 291 Å². The Bertz CT molecular complexity index is 3990. The Hall–Kier alpha value is -9.86. The lowest BCUT2D eigenvalue weighted by Crippen LogP contribution is -2.08. The Morgan fingerprint density at radius 1 is 0.218 bits per heavy atom. The van der Waals surface area contributed by atoms with Crippen LogP contribution in [-0.2, 0) is 0 Å². The summed E-state index contributed by atoms with van der Waals surface area (Å²) in [5, 5.41) is 5.09. The first-order valence-corrected chi connectivity index (χ1v) is 27.1. The van der Waals surface area contributed by atoms with Crippen LogP contribution in [0.4, 0.5) is 0 Å². The molecule has 0 N–H and O–H groups in total. The fourth-order valence-electron chi connectivity index (χ4n) is 12.2. The van der Waals surface area contributed by atoms with E-state index in [-0.39, 0.29) is 12.2 Å². The third-order valence-corrected chi connectivity index (χ3v) is 15.6. The third-order valence-electron chi connectivity index (χ3n) is 15.6. The number of nitrogens with zero attached hydrogens (tertiary/aromatic N) is 2. The van der Waals surface area contributed by atoms with Crippen LogP contribution in [0, 0.1) is 0 Å². The van der Waals surface area contributed by atoms with Crippen molar-refractivity contribution in [2.24, 2.45) is 0 Å². The molecule has 14 rings (SSSR count). The van der Waals surface area contributed by atoms with Gasteiger partial charge in [0.2, 0.25) is 0 Å². The highest BCUT2D eigenvalue weighted by molar-refractivity contribution is 6.15. The van der Waals surface area contributed by atoms with Crippen LogP contribution >= 0.6 is 0 Å². The van der Waals surface area contributed by atoms with Gasteiger partial charge >= 0.3 is 0 Å². The van der Waals surface area contributed by atoms with Gasteiger partial charge in [-0.15, -0.1) is 0 Å². The van der Waals surface area contributed by atoms with Crippen molar-refractivity contribution in [3.05, 3.63) is 332 Å². The molecule has 2 heteroatoms. The molecule has 2 heterocycles. The van der Waals surface area contributed by atoms with Gasteiger partial charge in [-0.2, -0.15) is 5.01 Å². The molecule has 12 aromatic carbocycles. The number of hydrogen-bond donors (Lipinski definition) is 0. The first kappa shape index (κ1) is 46.7. The van der Waals surface area contributed by atoms with E-state index in [2.05, 4.69) is 325 Å². The Morgan fingerprint density at radius 3 is 0.923 bits per heavy atom. The average Bonchev–Trinajstić information content (AvgIpc) is 3.78. The van der Waals surface area contributed by atoms with Crippen LogP contribution in [0.5, 0.6) is 0 Å². The molecule has 2 aliphatic heterocycles. The lowest BCUT2D eigenvalue weighted by atomic mass is 9.73. The summed E-state index contributed by atoms with van der Waals surface area (Å²) in [6.45, 7) is 0. The predicted molar refractivity (Wildman–Crippen MR) is 325 cm³/mol. The first-order chi connectivity index (χ1) is 38.8. The van der Waals surface area contributed by atoms with Crippen LogP contribution in [0.15, 0.2) is 315 Å². The topological polar surface area (TPSA) is 6.02 Å². The van der Waals surface area contributed by atoms with Gasteiger partial charge in [-0.3, -0.25) is 5.01 Å². The molecular formula is C76H54N2. The van der Waals surface area contributed by atoms with Crippen LogP contribution in [0.1, 0.15) is 28.9 Å². The second-order valence-electron chi connectivity index (χ2n) is 20.3. The molecule has 0 saturated carbocycles. The lowest BCUT2D eigenvalue weighted by molar-refractivity contribution is 0.365. The standard InChI is InChI=1S/C76H54N2/c1-10-29-53(30-11-1)65-47-28-48-66(69(65)55-33-14-3-15-34-55)62-49-63(68-52-67(54-31-12-2-13-32-54)77-76(78(68)77)61-45-26-9-27-46-61)51-64(50-62)75-73(59-41-22-7-23-42-59)71(57-37-18-5-19-38-57)70(56-35-16-4-17-36-56)72(58-39-20-6-21-40-58)74(75)60-43-24-8-25-44-60/h1-52,68,76H. The largest absolute Gasteiger partial charge is 0.279 e. The molecule has 0 spiro atoms. The molecule has 0 amide bonds. The second-order valence-corrected chi connectivity index (χ2v) is 20.3. The molecule has 3 unspecified atom stereocenters. The van der Waals surface area contributed by atoms with E-state index in [1.807, 2.05) is 0 Å². The van der Waals surface area contributed by atoms with E-state index < -0.39 is 0 Å². The van der Waals surface area contributed by atoms with Gasteiger partial charge in [0.1, 0.15) is 6.17 Å². The number of hydrazine groups is 1. The molecule has 78 heavy (non-hydrogen) atoms. The molecular weight excluding hydrogens is 941 g/mol. The smallest absolute Gasteiger partial charge is 0.141 e. The molecule has 0 radical (unpaired) electrons. The predicted octanol–water partition coefficient (Wildman–Crippen LogP) is 20.0. The average molecular weight is 995 g/mol. The minimum atomic E-state index is -0.0901. The van der Waals surface area contributed by atoms with Crippen molar-refractivity contribution in [3.63, 3.8) is 0 Å². The molecule has 0 aromatic heterocycles. The number of fused-ring (bicyclic) bond motifs is 1. The number of benzene rings is 12. The normalized spacial score (nSPS) is 15.4. The molecule has 2 aliphatic rings. The SMILES string of the molecule is C1=C(c2ccccc2)N2C(c3ccccc3)N2C1c1cc(-c2cccc(-c3ccccc3)c2-c2ccccc2)cc(-c2c(-c3ccccc3)c(-c3ccccc3)c(-c3ccccc3)c(-c3ccccc3)c2-c2ccccc2)c1. The fourth-order valence-corrected chi connectivity index (χ4v) is 12.2. The highest BCUT2D eigenvalue weighted by Gasteiger charge is 2.56. The Balaban J connectivity index is 1.16. The second kappa shape index (κ2) is 20.3. The monoisotopic (exact) mass is 994 g/mol. The summed E-state index contributed by atoms with van der Waals surface area (Å²) < 4.78 is 0. The minimum Gasteiger partial charge on any atom is -0.279 e. The highest BCUT2D eigenvalue weighted by Crippen LogP contribution is 2.61. The van der Waals surface area contributed by atoms with Crippen LogP contribution in [-0.4, -0.2) is 10.0 Å². The van der Waals surface area contributed by atoms with Gasteiger partial charge in [0.25, 0.3) is 0 Å². The molecule has 368 valence electrons. The van der Waals surface area contributed by atoms with Gasteiger partial charge < -0.3 is 0 Å². The summed E-state index contributed by atoms with van der Waals surface area (Å²) in [6.07, 6.45) is 2.57. The van der Waals surface area contributed by atoms with E-state index in [1.54, 1.807) is 0 Å². The maximum Gasteiger partial charge on any atom is 0.141 e. The molecule has 0 aliphatic carbocycles. The fraction of sp³-hybridized carbons (Fsp3) is 0.0263. The van der Waals surface area contributed by atoms with Gasteiger partial charge in [0.05, 0.1) is 11.7 Å². The molecule has 2 nitrogen and oxygen atoms in total. The quantitative estimate of drug-likeness (QED) is 0.113. The van der Waals surface area contributed by atoms with Gasteiger partial charge in [-0.25, -0.2) is 0 Å². The third kappa shape index (κ3) is 8.46. The van der Waals surface area contributed by atoms with E-state index >= 15 is 0 Å². The van der Waals surface area contributed by atoms with E-state index in [1.165, 1.54) is 83.6 Å². The summed E-state index contributed by atoms with van der Waals surface area (Å²) in [5.41, 5.74) is 26.0. The molecule has 3 atom stereocenters. The van der Waals surface area contributed by atoms with Crippen LogP contribution in [0.25, 0.3) is 106 Å². The zero-order valence-corrected chi connectivity index (χ0v) is 43.1. The van der Waals surface area contributed by atoms with Gasteiger partial charge in [-0.05, 0) is 141 Å². The Labute approximate surface area is 457 Å². The number of rotatable bonds is 12. The Kier molecular flexibility index (Phi) is 12.2. The van der Waals surface area contributed by atoms with Crippen molar-refractivity contribution in [2.75, 3.05) is 0 Å². The van der Waals surface area contributed by atoms with Crippen LogP contribution in [0.3, 0.4) is 0 Å². The minimum absolute atomic E-state index is 0.0732. The Morgan fingerprint density at radius 2 is 0.526 bits per heavy atom. The molecule has 1 saturated heterocycles. The van der Waals surface area contributed by atoms with E-state index in [4.69, 9.17) is 0 Å². The lowest BCUT2D eigenvalue weighted by Gasteiger charge is -2.29. The van der Waals surface area contributed by atoms with Gasteiger partial charge in [0, 0.05) is 0 Å². The summed E-state index contributed by atoms with van der Waals surface area (Å²) in [5.74, 6) is 0. The summed E-state index contributed by atoms with van der Waals surface area (Å²) in [4.78, 5) is 0.